The van der Waals surface area contributed by atoms with E-state index in [1.54, 1.807) is 11.9 Å². The molecule has 0 aromatic rings. The molecular weight excluding hydrogens is 144 g/mol. The molecule has 2 amide bonds. The molecule has 64 valence electrons. The number of urea groups is 1. The summed E-state index contributed by atoms with van der Waals surface area (Å²) >= 11 is 0. The van der Waals surface area contributed by atoms with Crippen molar-refractivity contribution in [2.75, 3.05) is 26.8 Å². The second-order valence-electron chi connectivity index (χ2n) is 2.70. The average molecular weight is 158 g/mol. The molecule has 0 aliphatic carbocycles. The fourth-order valence-corrected chi connectivity index (χ4v) is 0.747. The van der Waals surface area contributed by atoms with Gasteiger partial charge in [0.05, 0.1) is 19.3 Å². The second kappa shape index (κ2) is 3.57. The Morgan fingerprint density at radius 1 is 1.73 bits per heavy atom. The number of carbonyl (C=O) groups excluding carboxylic acids is 1. The predicted octanol–water partition coefficient (Wildman–Crippen LogP) is 0.0465. The summed E-state index contributed by atoms with van der Waals surface area (Å²) in [5, 5.41) is 2.83. The Morgan fingerprint density at radius 2 is 2.36 bits per heavy atom. The van der Waals surface area contributed by atoms with Gasteiger partial charge in [0.1, 0.15) is 0 Å². The Labute approximate surface area is 66.5 Å². The molecule has 1 N–H and O–H groups in total. The third-order valence-corrected chi connectivity index (χ3v) is 1.79. The zero-order valence-corrected chi connectivity index (χ0v) is 6.96. The van der Waals surface area contributed by atoms with Gasteiger partial charge in [-0.15, -0.1) is 0 Å². The number of nitrogens with zero attached hydrogens (tertiary/aromatic N) is 1. The standard InChI is InChI=1S/C7H14N2O2/c1-3-9(2)7(10)8-6-4-11-5-6/h6H,3-5H2,1-2H3,(H,8,10). The summed E-state index contributed by atoms with van der Waals surface area (Å²) in [6.07, 6.45) is 0. The maximum absolute atomic E-state index is 11.1. The van der Waals surface area contributed by atoms with Crippen molar-refractivity contribution in [2.45, 2.75) is 13.0 Å². The lowest BCUT2D eigenvalue weighted by Gasteiger charge is -2.28. The van der Waals surface area contributed by atoms with Crippen molar-refractivity contribution in [1.82, 2.24) is 10.2 Å². The Bertz CT molecular complexity index is 145. The molecule has 1 aliphatic rings. The second-order valence-corrected chi connectivity index (χ2v) is 2.70. The first kappa shape index (κ1) is 8.33. The minimum atomic E-state index is -0.0131. The molecule has 0 aromatic heterocycles. The van der Waals surface area contributed by atoms with Crippen molar-refractivity contribution in [3.63, 3.8) is 0 Å². The van der Waals surface area contributed by atoms with Crippen LogP contribution in [0.15, 0.2) is 0 Å². The fourth-order valence-electron chi connectivity index (χ4n) is 0.747. The molecule has 4 nitrogen and oxygen atoms in total. The summed E-state index contributed by atoms with van der Waals surface area (Å²) in [7, 11) is 1.77. The lowest BCUT2D eigenvalue weighted by atomic mass is 10.3. The molecule has 1 fully saturated rings. The summed E-state index contributed by atoms with van der Waals surface area (Å²) in [6.45, 7) is 3.99. The van der Waals surface area contributed by atoms with Crippen molar-refractivity contribution in [2.24, 2.45) is 0 Å². The number of ether oxygens (including phenoxy) is 1. The molecule has 0 atom stereocenters. The van der Waals surface area contributed by atoms with Gasteiger partial charge >= 0.3 is 6.03 Å². The third-order valence-electron chi connectivity index (χ3n) is 1.79. The average Bonchev–Trinajstić information content (AvgIpc) is 1.94. The van der Waals surface area contributed by atoms with Gasteiger partial charge < -0.3 is 15.0 Å². The molecule has 0 unspecified atom stereocenters. The van der Waals surface area contributed by atoms with Gasteiger partial charge in [-0.05, 0) is 6.92 Å². The quantitative estimate of drug-likeness (QED) is 0.616. The highest BCUT2D eigenvalue weighted by molar-refractivity contribution is 5.74. The Hall–Kier alpha value is -0.770. The Balaban J connectivity index is 2.19. The summed E-state index contributed by atoms with van der Waals surface area (Å²) in [6, 6.07) is 0.220. The van der Waals surface area contributed by atoms with Gasteiger partial charge in [-0.3, -0.25) is 0 Å². The van der Waals surface area contributed by atoms with Gasteiger partial charge in [-0.25, -0.2) is 4.79 Å². The van der Waals surface area contributed by atoms with Crippen LogP contribution in [0.5, 0.6) is 0 Å². The highest BCUT2D eigenvalue weighted by atomic mass is 16.5. The van der Waals surface area contributed by atoms with Crippen LogP contribution < -0.4 is 5.32 Å². The minimum absolute atomic E-state index is 0.0131. The van der Waals surface area contributed by atoms with E-state index in [1.807, 2.05) is 6.92 Å². The minimum Gasteiger partial charge on any atom is -0.377 e. The molecule has 1 saturated heterocycles. The lowest BCUT2D eigenvalue weighted by Crippen LogP contribution is -2.52. The summed E-state index contributed by atoms with van der Waals surface area (Å²) in [5.74, 6) is 0. The molecule has 0 bridgehead atoms. The molecule has 4 heteroatoms. The van der Waals surface area contributed by atoms with E-state index in [-0.39, 0.29) is 12.1 Å². The predicted molar refractivity (Wildman–Crippen MR) is 41.4 cm³/mol. The third kappa shape index (κ3) is 2.08. The molecule has 0 radical (unpaired) electrons. The number of amides is 2. The summed E-state index contributed by atoms with van der Waals surface area (Å²) < 4.78 is 4.92. The van der Waals surface area contributed by atoms with Crippen LogP contribution in [0.2, 0.25) is 0 Å². The Morgan fingerprint density at radius 3 is 2.73 bits per heavy atom. The number of carbonyl (C=O) groups is 1. The number of rotatable bonds is 2. The maximum Gasteiger partial charge on any atom is 0.317 e. The van der Waals surface area contributed by atoms with Crippen LogP contribution in [0.25, 0.3) is 0 Å². The van der Waals surface area contributed by atoms with E-state index >= 15 is 0 Å². The SMILES string of the molecule is CCN(C)C(=O)NC1COC1. The first-order valence-corrected chi connectivity index (χ1v) is 3.83. The van der Waals surface area contributed by atoms with E-state index in [0.29, 0.717) is 13.2 Å². The van der Waals surface area contributed by atoms with E-state index in [4.69, 9.17) is 4.74 Å². The highest BCUT2D eigenvalue weighted by Crippen LogP contribution is 1.99. The van der Waals surface area contributed by atoms with Gasteiger partial charge in [0.2, 0.25) is 0 Å². The van der Waals surface area contributed by atoms with Crippen molar-refractivity contribution in [1.29, 1.82) is 0 Å². The normalized spacial score (nSPS) is 17.3. The molecular formula is C7H14N2O2. The van der Waals surface area contributed by atoms with Crippen LogP contribution in [0.1, 0.15) is 6.92 Å². The van der Waals surface area contributed by atoms with Gasteiger partial charge in [0.25, 0.3) is 0 Å². The highest BCUT2D eigenvalue weighted by Gasteiger charge is 2.21. The van der Waals surface area contributed by atoms with Crippen LogP contribution in [0, 0.1) is 0 Å². The van der Waals surface area contributed by atoms with Crippen LogP contribution in [0.4, 0.5) is 4.79 Å². The van der Waals surface area contributed by atoms with Crippen LogP contribution in [-0.4, -0.2) is 43.8 Å². The van der Waals surface area contributed by atoms with Gasteiger partial charge in [0, 0.05) is 13.6 Å². The molecule has 0 saturated carbocycles. The monoisotopic (exact) mass is 158 g/mol. The first-order chi connectivity index (χ1) is 5.24. The van der Waals surface area contributed by atoms with Crippen LogP contribution >= 0.6 is 0 Å². The lowest BCUT2D eigenvalue weighted by molar-refractivity contribution is -0.00158. The molecule has 1 aliphatic heterocycles. The summed E-state index contributed by atoms with van der Waals surface area (Å²) in [5.41, 5.74) is 0. The van der Waals surface area contributed by atoms with E-state index in [0.717, 1.165) is 6.54 Å². The van der Waals surface area contributed by atoms with Gasteiger partial charge in [-0.2, -0.15) is 0 Å². The number of nitrogens with one attached hydrogen (secondary N) is 1. The smallest absolute Gasteiger partial charge is 0.317 e. The number of hydrogen-bond donors (Lipinski definition) is 1. The Kier molecular flexibility index (Phi) is 2.70. The molecule has 0 aromatic carbocycles. The van der Waals surface area contributed by atoms with Crippen molar-refractivity contribution < 1.29 is 9.53 Å². The molecule has 1 rings (SSSR count). The largest absolute Gasteiger partial charge is 0.377 e. The van der Waals surface area contributed by atoms with Crippen LogP contribution in [0.3, 0.4) is 0 Å². The van der Waals surface area contributed by atoms with Crippen molar-refractivity contribution in [3.8, 4) is 0 Å². The maximum atomic E-state index is 11.1. The molecule has 0 spiro atoms. The van der Waals surface area contributed by atoms with E-state index in [9.17, 15) is 4.79 Å². The van der Waals surface area contributed by atoms with Gasteiger partial charge in [0.15, 0.2) is 0 Å². The molecule has 11 heavy (non-hydrogen) atoms. The topological polar surface area (TPSA) is 41.6 Å². The first-order valence-electron chi connectivity index (χ1n) is 3.83. The van der Waals surface area contributed by atoms with Crippen molar-refractivity contribution >= 4 is 6.03 Å². The van der Waals surface area contributed by atoms with E-state index in [1.165, 1.54) is 0 Å². The molecule has 1 heterocycles. The zero-order valence-electron chi connectivity index (χ0n) is 6.96. The zero-order chi connectivity index (χ0) is 8.27. The van der Waals surface area contributed by atoms with E-state index in [2.05, 4.69) is 5.32 Å². The van der Waals surface area contributed by atoms with E-state index < -0.39 is 0 Å². The fraction of sp³-hybridized carbons (Fsp3) is 0.857. The van der Waals surface area contributed by atoms with Crippen LogP contribution in [-0.2, 0) is 4.74 Å². The summed E-state index contributed by atoms with van der Waals surface area (Å²) in [4.78, 5) is 12.8. The number of hydrogen-bond acceptors (Lipinski definition) is 2. The van der Waals surface area contributed by atoms with Crippen molar-refractivity contribution in [3.05, 3.63) is 0 Å². The van der Waals surface area contributed by atoms with Gasteiger partial charge in [-0.1, -0.05) is 0 Å².